The second kappa shape index (κ2) is 6.64. The van der Waals surface area contributed by atoms with Gasteiger partial charge in [0, 0.05) is 23.1 Å². The van der Waals surface area contributed by atoms with E-state index in [4.69, 9.17) is 9.52 Å². The molecule has 0 saturated carbocycles. The quantitative estimate of drug-likeness (QED) is 0.717. The van der Waals surface area contributed by atoms with E-state index in [0.717, 1.165) is 39.8 Å². The number of hydrogen-bond acceptors (Lipinski definition) is 4. The Bertz CT molecular complexity index is 942. The number of nitrogens with one attached hydrogen (secondary N) is 1. The van der Waals surface area contributed by atoms with Gasteiger partial charge in [0.05, 0.1) is 17.6 Å². The Labute approximate surface area is 149 Å². The van der Waals surface area contributed by atoms with Crippen molar-refractivity contribution in [2.24, 2.45) is 0 Å². The SMILES string of the molecule is Cc1ccccc1-n1nc2c(c1NC(=O)/C=C/c1ccco1)CSC2. The van der Waals surface area contributed by atoms with Crippen molar-refractivity contribution in [1.82, 2.24) is 9.78 Å². The minimum absolute atomic E-state index is 0.203. The van der Waals surface area contributed by atoms with Gasteiger partial charge in [-0.25, -0.2) is 4.68 Å². The van der Waals surface area contributed by atoms with Gasteiger partial charge in [0.1, 0.15) is 11.6 Å². The fourth-order valence-corrected chi connectivity index (χ4v) is 3.85. The average molecular weight is 351 g/mol. The van der Waals surface area contributed by atoms with E-state index < -0.39 is 0 Å². The predicted octanol–water partition coefficient (Wildman–Crippen LogP) is 4.17. The Hall–Kier alpha value is -2.73. The van der Waals surface area contributed by atoms with Crippen LogP contribution in [0.2, 0.25) is 0 Å². The fourth-order valence-electron chi connectivity index (χ4n) is 2.82. The van der Waals surface area contributed by atoms with Crippen LogP contribution in [-0.2, 0) is 16.3 Å². The fraction of sp³-hybridized carbons (Fsp3) is 0.158. The van der Waals surface area contributed by atoms with Crippen LogP contribution < -0.4 is 5.32 Å². The largest absolute Gasteiger partial charge is 0.465 e. The Morgan fingerprint density at radius 3 is 2.96 bits per heavy atom. The zero-order chi connectivity index (χ0) is 17.2. The third-order valence-electron chi connectivity index (χ3n) is 4.08. The van der Waals surface area contributed by atoms with Gasteiger partial charge >= 0.3 is 0 Å². The topological polar surface area (TPSA) is 60.1 Å². The summed E-state index contributed by atoms with van der Waals surface area (Å²) in [5.74, 6) is 2.93. The van der Waals surface area contributed by atoms with Crippen LogP contribution in [0.1, 0.15) is 22.6 Å². The third kappa shape index (κ3) is 3.13. The zero-order valence-electron chi connectivity index (χ0n) is 13.7. The van der Waals surface area contributed by atoms with Crippen LogP contribution in [0.15, 0.2) is 53.2 Å². The van der Waals surface area contributed by atoms with E-state index in [2.05, 4.69) is 5.32 Å². The molecule has 4 rings (SSSR count). The predicted molar refractivity (Wildman–Crippen MR) is 99.7 cm³/mol. The number of furan rings is 1. The molecule has 0 spiro atoms. The lowest BCUT2D eigenvalue weighted by atomic mass is 10.2. The molecule has 1 N–H and O–H groups in total. The van der Waals surface area contributed by atoms with Gasteiger partial charge in [0.25, 0.3) is 0 Å². The number of aryl methyl sites for hydroxylation is 1. The van der Waals surface area contributed by atoms with Crippen molar-refractivity contribution in [3.05, 3.63) is 71.3 Å². The molecule has 3 heterocycles. The lowest BCUT2D eigenvalue weighted by Gasteiger charge is -2.11. The van der Waals surface area contributed by atoms with Crippen LogP contribution in [0.5, 0.6) is 0 Å². The molecule has 6 heteroatoms. The number of nitrogens with zero attached hydrogens (tertiary/aromatic N) is 2. The summed E-state index contributed by atoms with van der Waals surface area (Å²) in [6.07, 6.45) is 4.70. The summed E-state index contributed by atoms with van der Waals surface area (Å²) in [6, 6.07) is 11.6. The molecule has 1 aromatic carbocycles. The van der Waals surface area contributed by atoms with Crippen molar-refractivity contribution >= 4 is 29.6 Å². The van der Waals surface area contributed by atoms with Crippen LogP contribution in [0.3, 0.4) is 0 Å². The molecule has 25 heavy (non-hydrogen) atoms. The van der Waals surface area contributed by atoms with Crippen molar-refractivity contribution in [2.45, 2.75) is 18.4 Å². The smallest absolute Gasteiger partial charge is 0.249 e. The molecular weight excluding hydrogens is 334 g/mol. The molecule has 0 radical (unpaired) electrons. The highest BCUT2D eigenvalue weighted by Gasteiger charge is 2.24. The molecule has 0 atom stereocenters. The molecule has 1 aliphatic heterocycles. The number of aromatic nitrogens is 2. The highest BCUT2D eigenvalue weighted by Crippen LogP contribution is 2.36. The van der Waals surface area contributed by atoms with Crippen LogP contribution in [0.25, 0.3) is 11.8 Å². The Morgan fingerprint density at radius 2 is 2.16 bits per heavy atom. The van der Waals surface area contributed by atoms with E-state index in [1.165, 1.54) is 6.08 Å². The van der Waals surface area contributed by atoms with E-state index in [1.807, 2.05) is 47.6 Å². The first-order valence-corrected chi connectivity index (χ1v) is 9.15. The third-order valence-corrected chi connectivity index (χ3v) is 5.05. The minimum Gasteiger partial charge on any atom is -0.465 e. The minimum atomic E-state index is -0.203. The maximum atomic E-state index is 12.4. The van der Waals surface area contributed by atoms with E-state index in [-0.39, 0.29) is 5.91 Å². The number of anilines is 1. The van der Waals surface area contributed by atoms with Gasteiger partial charge in [0.2, 0.25) is 5.91 Å². The second-order valence-electron chi connectivity index (χ2n) is 5.80. The lowest BCUT2D eigenvalue weighted by Crippen LogP contribution is -2.14. The van der Waals surface area contributed by atoms with Gasteiger partial charge in [-0.1, -0.05) is 18.2 Å². The molecule has 1 amide bonds. The number of fused-ring (bicyclic) bond motifs is 1. The number of para-hydroxylation sites is 1. The normalized spacial score (nSPS) is 13.3. The molecule has 0 bridgehead atoms. The standard InChI is InChI=1S/C19H17N3O2S/c1-13-5-2-3-7-17(13)22-19(15-11-25-12-16(15)21-22)20-18(23)9-8-14-6-4-10-24-14/h2-10H,11-12H2,1H3,(H,20,23)/b9-8+. The van der Waals surface area contributed by atoms with Crippen LogP contribution >= 0.6 is 11.8 Å². The summed E-state index contributed by atoms with van der Waals surface area (Å²) in [5.41, 5.74) is 4.23. The number of carbonyl (C=O) groups is 1. The average Bonchev–Trinajstić information content (AvgIpc) is 3.32. The summed E-state index contributed by atoms with van der Waals surface area (Å²) < 4.78 is 7.06. The van der Waals surface area contributed by atoms with Gasteiger partial charge in [-0.15, -0.1) is 0 Å². The molecule has 1 aliphatic rings. The molecule has 0 fully saturated rings. The van der Waals surface area contributed by atoms with Crippen molar-refractivity contribution in [2.75, 3.05) is 5.32 Å². The summed E-state index contributed by atoms with van der Waals surface area (Å²) in [7, 11) is 0. The molecular formula is C19H17N3O2S. The first-order valence-electron chi connectivity index (χ1n) is 7.99. The molecule has 0 saturated heterocycles. The van der Waals surface area contributed by atoms with Gasteiger partial charge in [-0.2, -0.15) is 16.9 Å². The number of carbonyl (C=O) groups excluding carboxylic acids is 1. The first kappa shape index (κ1) is 15.8. The number of benzene rings is 1. The van der Waals surface area contributed by atoms with E-state index in [9.17, 15) is 4.79 Å². The van der Waals surface area contributed by atoms with Crippen LogP contribution in [-0.4, -0.2) is 15.7 Å². The van der Waals surface area contributed by atoms with Gasteiger partial charge in [0.15, 0.2) is 0 Å². The van der Waals surface area contributed by atoms with Crippen molar-refractivity contribution in [3.63, 3.8) is 0 Å². The first-order chi connectivity index (χ1) is 12.2. The summed E-state index contributed by atoms with van der Waals surface area (Å²) in [6.45, 7) is 2.04. The van der Waals surface area contributed by atoms with Crippen molar-refractivity contribution in [3.8, 4) is 5.69 Å². The van der Waals surface area contributed by atoms with Crippen molar-refractivity contribution in [1.29, 1.82) is 0 Å². The number of thioether (sulfide) groups is 1. The summed E-state index contributed by atoms with van der Waals surface area (Å²) in [5, 5.41) is 7.72. The number of rotatable bonds is 4. The molecule has 126 valence electrons. The number of amides is 1. The number of hydrogen-bond donors (Lipinski definition) is 1. The van der Waals surface area contributed by atoms with Crippen LogP contribution in [0, 0.1) is 6.92 Å². The van der Waals surface area contributed by atoms with Crippen molar-refractivity contribution < 1.29 is 9.21 Å². The maximum Gasteiger partial charge on any atom is 0.249 e. The highest BCUT2D eigenvalue weighted by atomic mass is 32.2. The lowest BCUT2D eigenvalue weighted by molar-refractivity contribution is -0.111. The Kier molecular flexibility index (Phi) is 4.19. The van der Waals surface area contributed by atoms with Gasteiger partial charge in [-0.3, -0.25) is 4.79 Å². The van der Waals surface area contributed by atoms with E-state index in [1.54, 1.807) is 24.5 Å². The molecule has 3 aromatic rings. The van der Waals surface area contributed by atoms with E-state index >= 15 is 0 Å². The summed E-state index contributed by atoms with van der Waals surface area (Å²) in [4.78, 5) is 12.4. The van der Waals surface area contributed by atoms with Gasteiger partial charge < -0.3 is 9.73 Å². The molecule has 0 aliphatic carbocycles. The van der Waals surface area contributed by atoms with Gasteiger partial charge in [-0.05, 0) is 36.8 Å². The Morgan fingerprint density at radius 1 is 1.28 bits per heavy atom. The molecule has 2 aromatic heterocycles. The Balaban J connectivity index is 1.67. The second-order valence-corrected chi connectivity index (χ2v) is 6.79. The van der Waals surface area contributed by atoms with E-state index in [0.29, 0.717) is 5.76 Å². The van der Waals surface area contributed by atoms with Crippen LogP contribution in [0.4, 0.5) is 5.82 Å². The molecule has 5 nitrogen and oxygen atoms in total. The highest BCUT2D eigenvalue weighted by molar-refractivity contribution is 7.98. The summed E-state index contributed by atoms with van der Waals surface area (Å²) >= 11 is 1.81. The zero-order valence-corrected chi connectivity index (χ0v) is 14.5. The molecule has 0 unspecified atom stereocenters. The monoisotopic (exact) mass is 351 g/mol. The maximum absolute atomic E-state index is 12.4.